The van der Waals surface area contributed by atoms with Crippen LogP contribution >= 0.6 is 12.4 Å². The quantitative estimate of drug-likeness (QED) is 0.755. The van der Waals surface area contributed by atoms with E-state index in [2.05, 4.69) is 0 Å². The van der Waals surface area contributed by atoms with Crippen molar-refractivity contribution in [3.63, 3.8) is 0 Å². The summed E-state index contributed by atoms with van der Waals surface area (Å²) in [5, 5.41) is 8.88. The van der Waals surface area contributed by atoms with Crippen molar-refractivity contribution in [3.05, 3.63) is 11.1 Å². The smallest absolute Gasteiger partial charge is 0.326 e. The Bertz CT molecular complexity index is 351. The number of hydrogen-bond acceptors (Lipinski definition) is 3. The van der Waals surface area contributed by atoms with Crippen LogP contribution < -0.4 is 0 Å². The van der Waals surface area contributed by atoms with Gasteiger partial charge in [-0.05, 0) is 20.3 Å². The van der Waals surface area contributed by atoms with Gasteiger partial charge in [0.1, 0.15) is 6.04 Å². The Hall–Kier alpha value is -1.36. The van der Waals surface area contributed by atoms with Crippen molar-refractivity contribution < 1.29 is 19.5 Å². The van der Waals surface area contributed by atoms with E-state index >= 15 is 0 Å². The molecule has 1 unspecified atom stereocenters. The number of amides is 2. The second-order valence-electron chi connectivity index (χ2n) is 3.49. The molecule has 0 saturated heterocycles. The molecule has 16 heavy (non-hydrogen) atoms. The van der Waals surface area contributed by atoms with E-state index in [0.717, 1.165) is 4.90 Å². The minimum absolute atomic E-state index is 0. The van der Waals surface area contributed by atoms with Crippen molar-refractivity contribution in [1.29, 1.82) is 0 Å². The maximum Gasteiger partial charge on any atom is 0.326 e. The minimum Gasteiger partial charge on any atom is -0.480 e. The number of imide groups is 1. The van der Waals surface area contributed by atoms with E-state index < -0.39 is 23.8 Å². The van der Waals surface area contributed by atoms with Gasteiger partial charge in [-0.1, -0.05) is 6.92 Å². The fourth-order valence-electron chi connectivity index (χ4n) is 1.53. The van der Waals surface area contributed by atoms with Gasteiger partial charge >= 0.3 is 5.97 Å². The van der Waals surface area contributed by atoms with E-state index in [0.29, 0.717) is 11.1 Å². The predicted molar refractivity (Wildman–Crippen MR) is 59.2 cm³/mol. The largest absolute Gasteiger partial charge is 0.480 e. The zero-order valence-electron chi connectivity index (χ0n) is 9.31. The number of halogens is 1. The van der Waals surface area contributed by atoms with Crippen LogP contribution in [0.2, 0.25) is 0 Å². The summed E-state index contributed by atoms with van der Waals surface area (Å²) in [7, 11) is 0. The Labute approximate surface area is 99.5 Å². The van der Waals surface area contributed by atoms with Crippen LogP contribution in [0, 0.1) is 0 Å². The maximum atomic E-state index is 11.6. The maximum absolute atomic E-state index is 11.6. The number of carboxylic acid groups (broad SMARTS) is 1. The van der Waals surface area contributed by atoms with E-state index in [1.165, 1.54) is 13.8 Å². The van der Waals surface area contributed by atoms with Gasteiger partial charge in [-0.3, -0.25) is 14.5 Å². The third-order valence-corrected chi connectivity index (χ3v) is 2.63. The fourth-order valence-corrected chi connectivity index (χ4v) is 1.53. The van der Waals surface area contributed by atoms with Crippen LogP contribution in [0.15, 0.2) is 11.1 Å². The van der Waals surface area contributed by atoms with Gasteiger partial charge in [-0.15, -0.1) is 12.4 Å². The normalized spacial score (nSPS) is 17.6. The third-order valence-electron chi connectivity index (χ3n) is 2.63. The lowest BCUT2D eigenvalue weighted by Gasteiger charge is -2.21. The molecule has 6 heteroatoms. The number of hydrogen-bond donors (Lipinski definition) is 1. The number of carbonyl (C=O) groups is 3. The van der Waals surface area contributed by atoms with Crippen molar-refractivity contribution >= 4 is 30.2 Å². The second-order valence-corrected chi connectivity index (χ2v) is 3.49. The molecule has 0 fully saturated rings. The van der Waals surface area contributed by atoms with E-state index in [9.17, 15) is 14.4 Å². The molecule has 1 rings (SSSR count). The van der Waals surface area contributed by atoms with Crippen LogP contribution in [0.3, 0.4) is 0 Å². The van der Waals surface area contributed by atoms with Gasteiger partial charge in [-0.25, -0.2) is 4.79 Å². The molecule has 2 amide bonds. The molecule has 0 aromatic heterocycles. The molecule has 1 atom stereocenters. The second kappa shape index (κ2) is 5.12. The topological polar surface area (TPSA) is 74.7 Å². The van der Waals surface area contributed by atoms with Crippen LogP contribution in [-0.2, 0) is 14.4 Å². The summed E-state index contributed by atoms with van der Waals surface area (Å²) in [4.78, 5) is 34.9. The summed E-state index contributed by atoms with van der Waals surface area (Å²) >= 11 is 0. The standard InChI is InChI=1S/C10H13NO4.ClH/c1-4-7(10(14)15)11-8(12)5(2)6(3)9(11)13;/h7H,4H2,1-3H3,(H,14,15);1H. The Balaban J connectivity index is 0.00000225. The molecule has 90 valence electrons. The first-order chi connectivity index (χ1) is 6.91. The Morgan fingerprint density at radius 2 is 1.62 bits per heavy atom. The van der Waals surface area contributed by atoms with Crippen LogP contribution in [0.4, 0.5) is 0 Å². The van der Waals surface area contributed by atoms with E-state index in [-0.39, 0.29) is 18.8 Å². The van der Waals surface area contributed by atoms with Crippen LogP contribution in [-0.4, -0.2) is 33.8 Å². The van der Waals surface area contributed by atoms with Gasteiger partial charge in [0.15, 0.2) is 0 Å². The summed E-state index contributed by atoms with van der Waals surface area (Å²) in [5.74, 6) is -2.14. The highest BCUT2D eigenvalue weighted by molar-refractivity contribution is 6.20. The van der Waals surface area contributed by atoms with E-state index in [4.69, 9.17) is 5.11 Å². The summed E-state index contributed by atoms with van der Waals surface area (Å²) in [6, 6.07) is -1.06. The van der Waals surface area contributed by atoms with E-state index in [1.54, 1.807) is 6.92 Å². The zero-order chi connectivity index (χ0) is 11.7. The highest BCUT2D eigenvalue weighted by atomic mass is 35.5. The fraction of sp³-hybridized carbons (Fsp3) is 0.500. The van der Waals surface area contributed by atoms with Crippen molar-refractivity contribution in [3.8, 4) is 0 Å². The lowest BCUT2D eigenvalue weighted by Crippen LogP contribution is -2.45. The monoisotopic (exact) mass is 247 g/mol. The molecular weight excluding hydrogens is 234 g/mol. The first-order valence-electron chi connectivity index (χ1n) is 4.70. The number of aliphatic carboxylic acids is 1. The number of carbonyl (C=O) groups excluding carboxylic acids is 2. The first-order valence-corrected chi connectivity index (χ1v) is 4.70. The van der Waals surface area contributed by atoms with Crippen LogP contribution in [0.1, 0.15) is 27.2 Å². The molecule has 0 radical (unpaired) electrons. The number of nitrogens with zero attached hydrogens (tertiary/aromatic N) is 1. The molecule has 1 aliphatic heterocycles. The Morgan fingerprint density at radius 1 is 1.25 bits per heavy atom. The van der Waals surface area contributed by atoms with Gasteiger partial charge in [0.2, 0.25) is 0 Å². The van der Waals surface area contributed by atoms with Crippen molar-refractivity contribution in [2.75, 3.05) is 0 Å². The molecule has 5 nitrogen and oxygen atoms in total. The van der Waals surface area contributed by atoms with Gasteiger partial charge in [-0.2, -0.15) is 0 Å². The highest BCUT2D eigenvalue weighted by Gasteiger charge is 2.40. The Kier molecular flexibility index (Phi) is 4.68. The summed E-state index contributed by atoms with van der Waals surface area (Å²) < 4.78 is 0. The molecule has 0 aromatic carbocycles. The lowest BCUT2D eigenvalue weighted by atomic mass is 10.2. The highest BCUT2D eigenvalue weighted by Crippen LogP contribution is 2.23. The van der Waals surface area contributed by atoms with Gasteiger partial charge in [0.25, 0.3) is 11.8 Å². The number of carboxylic acids is 1. The molecule has 0 spiro atoms. The molecule has 1 heterocycles. The number of rotatable bonds is 3. The van der Waals surface area contributed by atoms with E-state index in [1.807, 2.05) is 0 Å². The molecule has 1 N–H and O–H groups in total. The lowest BCUT2D eigenvalue weighted by molar-refractivity contribution is -0.153. The molecule has 0 bridgehead atoms. The van der Waals surface area contributed by atoms with Crippen molar-refractivity contribution in [2.45, 2.75) is 33.2 Å². The van der Waals surface area contributed by atoms with Gasteiger partial charge in [0, 0.05) is 11.1 Å². The summed E-state index contributed by atoms with van der Waals surface area (Å²) in [6.45, 7) is 4.69. The first kappa shape index (κ1) is 14.6. The molecule has 1 aliphatic rings. The minimum atomic E-state index is -1.15. The molecule has 0 aliphatic carbocycles. The third kappa shape index (κ3) is 2.09. The molecular formula is C10H14ClNO4. The average molecular weight is 248 g/mol. The molecule has 0 aromatic rings. The predicted octanol–water partition coefficient (Wildman–Crippen LogP) is 0.977. The summed E-state index contributed by atoms with van der Waals surface area (Å²) in [5.41, 5.74) is 0.666. The van der Waals surface area contributed by atoms with Crippen LogP contribution in [0.25, 0.3) is 0 Å². The van der Waals surface area contributed by atoms with Gasteiger partial charge < -0.3 is 5.11 Å². The van der Waals surface area contributed by atoms with Crippen LogP contribution in [0.5, 0.6) is 0 Å². The Morgan fingerprint density at radius 3 is 1.88 bits per heavy atom. The summed E-state index contributed by atoms with van der Waals surface area (Å²) in [6.07, 6.45) is 0.216. The average Bonchev–Trinajstić information content (AvgIpc) is 2.36. The van der Waals surface area contributed by atoms with Crippen molar-refractivity contribution in [2.24, 2.45) is 0 Å². The zero-order valence-corrected chi connectivity index (χ0v) is 10.1. The SMILES string of the molecule is CCC(C(=O)O)N1C(=O)C(C)=C(C)C1=O.Cl. The van der Waals surface area contributed by atoms with Gasteiger partial charge in [0.05, 0.1) is 0 Å². The van der Waals surface area contributed by atoms with Crippen molar-refractivity contribution in [1.82, 2.24) is 4.90 Å². The molecule has 0 saturated carbocycles.